The van der Waals surface area contributed by atoms with E-state index < -0.39 is 0 Å². The molecule has 1 aromatic heterocycles. The average molecular weight is 293 g/mol. The van der Waals surface area contributed by atoms with Gasteiger partial charge in [-0.05, 0) is 50.2 Å². The van der Waals surface area contributed by atoms with Crippen molar-refractivity contribution in [2.45, 2.75) is 45.3 Å². The summed E-state index contributed by atoms with van der Waals surface area (Å²) < 4.78 is 0. The van der Waals surface area contributed by atoms with Gasteiger partial charge in [0.15, 0.2) is 0 Å². The maximum Gasteiger partial charge on any atom is 0.0302 e. The third-order valence-electron chi connectivity index (χ3n) is 4.90. The zero-order valence-electron chi connectivity index (χ0n) is 12.8. The first-order valence-electron chi connectivity index (χ1n) is 7.96. The van der Waals surface area contributed by atoms with Crippen molar-refractivity contribution in [3.63, 3.8) is 0 Å². The van der Waals surface area contributed by atoms with Crippen molar-refractivity contribution in [3.8, 4) is 0 Å². The predicted molar refractivity (Wildman–Crippen MR) is 86.4 cm³/mol. The first-order valence-corrected chi connectivity index (χ1v) is 8.84. The fraction of sp³-hybridized carbons (Fsp3) is 0.750. The summed E-state index contributed by atoms with van der Waals surface area (Å²) in [6.07, 6.45) is 2.81. The molecular weight excluding hydrogens is 266 g/mol. The second kappa shape index (κ2) is 6.56. The minimum absolute atomic E-state index is 0.717. The molecule has 4 heteroatoms. The van der Waals surface area contributed by atoms with E-state index in [2.05, 4.69) is 40.4 Å². The number of nitrogens with zero attached hydrogens (tertiary/aromatic N) is 2. The Morgan fingerprint density at radius 1 is 1.40 bits per heavy atom. The highest BCUT2D eigenvalue weighted by Crippen LogP contribution is 2.24. The van der Waals surface area contributed by atoms with Crippen LogP contribution in [0.3, 0.4) is 0 Å². The van der Waals surface area contributed by atoms with Crippen molar-refractivity contribution in [2.24, 2.45) is 0 Å². The number of fused-ring (bicyclic) bond motifs is 1. The molecule has 112 valence electrons. The molecule has 2 unspecified atom stereocenters. The van der Waals surface area contributed by atoms with Crippen LogP contribution >= 0.6 is 11.3 Å². The molecule has 2 aliphatic rings. The van der Waals surface area contributed by atoms with Gasteiger partial charge in [0.1, 0.15) is 0 Å². The molecule has 2 fully saturated rings. The predicted octanol–water partition coefficient (Wildman–Crippen LogP) is 2.31. The topological polar surface area (TPSA) is 18.5 Å². The third-order valence-corrected chi connectivity index (χ3v) is 5.92. The summed E-state index contributed by atoms with van der Waals surface area (Å²) in [5.74, 6) is 0. The normalized spacial score (nSPS) is 27.9. The molecule has 0 amide bonds. The Hall–Kier alpha value is -0.420. The molecule has 20 heavy (non-hydrogen) atoms. The quantitative estimate of drug-likeness (QED) is 0.841. The van der Waals surface area contributed by atoms with Gasteiger partial charge in [0.2, 0.25) is 0 Å². The van der Waals surface area contributed by atoms with E-state index in [1.54, 1.807) is 0 Å². The number of nitrogens with one attached hydrogen (secondary N) is 1. The first-order chi connectivity index (χ1) is 9.74. The molecule has 2 saturated heterocycles. The van der Waals surface area contributed by atoms with Crippen LogP contribution in [0.4, 0.5) is 0 Å². The van der Waals surface area contributed by atoms with Crippen LogP contribution < -0.4 is 5.32 Å². The Labute approximate surface area is 127 Å². The van der Waals surface area contributed by atoms with Gasteiger partial charge in [-0.15, -0.1) is 11.3 Å². The summed E-state index contributed by atoms with van der Waals surface area (Å²) in [6, 6.07) is 3.77. The molecule has 3 rings (SSSR count). The molecule has 0 spiro atoms. The summed E-state index contributed by atoms with van der Waals surface area (Å²) >= 11 is 1.87. The Morgan fingerprint density at radius 2 is 2.30 bits per heavy atom. The molecule has 0 saturated carbocycles. The number of piperazine rings is 1. The van der Waals surface area contributed by atoms with Gasteiger partial charge in [-0.1, -0.05) is 0 Å². The number of rotatable bonds is 5. The lowest BCUT2D eigenvalue weighted by Gasteiger charge is -2.42. The van der Waals surface area contributed by atoms with Crippen LogP contribution in [0.15, 0.2) is 11.4 Å². The van der Waals surface area contributed by atoms with Crippen LogP contribution in [0.2, 0.25) is 0 Å². The molecule has 0 aromatic carbocycles. The largest absolute Gasteiger partial charge is 0.311 e. The Balaban J connectivity index is 1.41. The monoisotopic (exact) mass is 293 g/mol. The molecular formula is C16H27N3S. The molecule has 1 aromatic rings. The van der Waals surface area contributed by atoms with Crippen LogP contribution in [0.1, 0.15) is 30.2 Å². The van der Waals surface area contributed by atoms with Gasteiger partial charge in [-0.2, -0.15) is 0 Å². The van der Waals surface area contributed by atoms with E-state index in [4.69, 9.17) is 0 Å². The summed E-state index contributed by atoms with van der Waals surface area (Å²) in [5.41, 5.74) is 1.43. The maximum atomic E-state index is 3.61. The Morgan fingerprint density at radius 3 is 3.10 bits per heavy atom. The minimum Gasteiger partial charge on any atom is -0.311 e. The van der Waals surface area contributed by atoms with Gasteiger partial charge in [0.25, 0.3) is 0 Å². The van der Waals surface area contributed by atoms with Gasteiger partial charge < -0.3 is 5.32 Å². The van der Waals surface area contributed by atoms with Crippen LogP contribution in [-0.2, 0) is 6.54 Å². The lowest BCUT2D eigenvalue weighted by Crippen LogP contribution is -2.55. The summed E-state index contributed by atoms with van der Waals surface area (Å²) in [5, 5.41) is 5.80. The second-order valence-electron chi connectivity index (χ2n) is 6.34. The average Bonchev–Trinajstić information content (AvgIpc) is 3.03. The maximum absolute atomic E-state index is 3.61. The van der Waals surface area contributed by atoms with Crippen molar-refractivity contribution in [1.29, 1.82) is 0 Å². The molecule has 3 heterocycles. The molecule has 2 aliphatic heterocycles. The minimum atomic E-state index is 0.717. The van der Waals surface area contributed by atoms with E-state index in [1.165, 1.54) is 49.5 Å². The van der Waals surface area contributed by atoms with Gasteiger partial charge in [-0.3, -0.25) is 9.80 Å². The fourth-order valence-electron chi connectivity index (χ4n) is 3.57. The molecule has 1 N–H and O–H groups in total. The number of hydrogen-bond acceptors (Lipinski definition) is 4. The zero-order chi connectivity index (χ0) is 13.9. The van der Waals surface area contributed by atoms with Crippen molar-refractivity contribution < 1.29 is 0 Å². The molecule has 3 nitrogen and oxygen atoms in total. The highest BCUT2D eigenvalue weighted by atomic mass is 32.1. The summed E-state index contributed by atoms with van der Waals surface area (Å²) in [6.45, 7) is 11.8. The van der Waals surface area contributed by atoms with Crippen LogP contribution in [-0.4, -0.2) is 54.6 Å². The summed E-state index contributed by atoms with van der Waals surface area (Å²) in [7, 11) is 0. The lowest BCUT2D eigenvalue weighted by atomic mass is 10.1. The summed E-state index contributed by atoms with van der Waals surface area (Å²) in [4.78, 5) is 6.86. The van der Waals surface area contributed by atoms with Crippen molar-refractivity contribution in [2.75, 3.05) is 32.7 Å². The van der Waals surface area contributed by atoms with Crippen LogP contribution in [0, 0.1) is 6.92 Å². The Kier molecular flexibility index (Phi) is 4.76. The van der Waals surface area contributed by atoms with Crippen LogP contribution in [0.5, 0.6) is 0 Å². The second-order valence-corrected chi connectivity index (χ2v) is 7.34. The number of aryl methyl sites for hydroxylation is 1. The third kappa shape index (κ3) is 3.25. The van der Waals surface area contributed by atoms with E-state index in [-0.39, 0.29) is 0 Å². The Bertz CT molecular complexity index is 431. The van der Waals surface area contributed by atoms with E-state index in [1.807, 2.05) is 11.3 Å². The van der Waals surface area contributed by atoms with E-state index >= 15 is 0 Å². The molecule has 0 aliphatic carbocycles. The van der Waals surface area contributed by atoms with Crippen LogP contribution in [0.25, 0.3) is 0 Å². The van der Waals surface area contributed by atoms with Crippen molar-refractivity contribution in [3.05, 3.63) is 21.9 Å². The van der Waals surface area contributed by atoms with E-state index in [0.717, 1.165) is 25.2 Å². The SMILES string of the molecule is Cc1ccsc1CNCCN1CC2CCCN2CC1C. The fourth-order valence-corrected chi connectivity index (χ4v) is 4.44. The van der Waals surface area contributed by atoms with Gasteiger partial charge in [0, 0.05) is 49.7 Å². The highest BCUT2D eigenvalue weighted by molar-refractivity contribution is 7.10. The first kappa shape index (κ1) is 14.5. The molecule has 0 bridgehead atoms. The van der Waals surface area contributed by atoms with Crippen molar-refractivity contribution in [1.82, 2.24) is 15.1 Å². The van der Waals surface area contributed by atoms with Gasteiger partial charge in [-0.25, -0.2) is 0 Å². The van der Waals surface area contributed by atoms with E-state index in [0.29, 0.717) is 0 Å². The highest BCUT2D eigenvalue weighted by Gasteiger charge is 2.33. The molecule has 0 radical (unpaired) electrons. The smallest absolute Gasteiger partial charge is 0.0302 e. The van der Waals surface area contributed by atoms with Crippen molar-refractivity contribution >= 4 is 11.3 Å². The number of hydrogen-bond donors (Lipinski definition) is 1. The standard InChI is InChI=1S/C16H27N3S/c1-13-5-9-20-16(13)10-17-6-8-18-12-15-4-3-7-19(15)11-14(18)2/h5,9,14-15,17H,3-4,6-8,10-12H2,1-2H3. The molecule has 2 atom stereocenters. The van der Waals surface area contributed by atoms with E-state index in [9.17, 15) is 0 Å². The lowest BCUT2D eigenvalue weighted by molar-refractivity contribution is 0.0603. The zero-order valence-corrected chi connectivity index (χ0v) is 13.6. The van der Waals surface area contributed by atoms with Gasteiger partial charge in [0.05, 0.1) is 0 Å². The number of thiophene rings is 1. The van der Waals surface area contributed by atoms with Gasteiger partial charge >= 0.3 is 0 Å².